The summed E-state index contributed by atoms with van der Waals surface area (Å²) in [6.07, 6.45) is -7.66. The zero-order valence-corrected chi connectivity index (χ0v) is 14.7. The van der Waals surface area contributed by atoms with Crippen LogP contribution in [-0.4, -0.2) is 30.4 Å². The van der Waals surface area contributed by atoms with Crippen molar-refractivity contribution in [1.82, 2.24) is 4.90 Å². The highest BCUT2D eigenvalue weighted by Gasteiger charge is 2.45. The maximum atomic E-state index is 14.1. The van der Waals surface area contributed by atoms with Crippen LogP contribution >= 0.6 is 0 Å². The topological polar surface area (TPSA) is 84.8 Å². The standard InChI is InChI=1S/C17H14F6N4O2/c1-26-14(24)9-3-2-7(13-10(19)5-8(18)6-11(13)20)4-12(9)27(16(26)25)29-15(28)17(21,22)23/h2-6,14,16H,24-25H2,1H3. The van der Waals surface area contributed by atoms with Gasteiger partial charge in [-0.2, -0.15) is 18.2 Å². The van der Waals surface area contributed by atoms with E-state index in [9.17, 15) is 31.1 Å². The van der Waals surface area contributed by atoms with E-state index in [-0.39, 0.29) is 16.8 Å². The van der Waals surface area contributed by atoms with Crippen LogP contribution in [0.1, 0.15) is 11.7 Å². The first-order valence-electron chi connectivity index (χ1n) is 8.02. The van der Waals surface area contributed by atoms with Crippen molar-refractivity contribution in [1.29, 1.82) is 0 Å². The number of nitrogens with zero attached hydrogens (tertiary/aromatic N) is 2. The molecule has 2 unspecified atom stereocenters. The lowest BCUT2D eigenvalue weighted by molar-refractivity contribution is -0.204. The first kappa shape index (κ1) is 20.9. The van der Waals surface area contributed by atoms with Crippen LogP contribution in [0.2, 0.25) is 0 Å². The summed E-state index contributed by atoms with van der Waals surface area (Å²) in [5, 5.41) is 0.442. The first-order chi connectivity index (χ1) is 13.4. The molecule has 0 saturated carbocycles. The fraction of sp³-hybridized carbons (Fsp3) is 0.235. The SMILES string of the molecule is CN1C(N)c2ccc(-c3c(F)cc(F)cc3F)cc2N(OC(=O)C(F)(F)F)C1N. The van der Waals surface area contributed by atoms with E-state index in [1.807, 2.05) is 0 Å². The fourth-order valence-corrected chi connectivity index (χ4v) is 2.89. The van der Waals surface area contributed by atoms with Gasteiger partial charge in [0.2, 0.25) is 0 Å². The largest absolute Gasteiger partial charge is 0.493 e. The molecule has 4 N–H and O–H groups in total. The van der Waals surface area contributed by atoms with Gasteiger partial charge in [-0.05, 0) is 18.7 Å². The normalized spacial score (nSPS) is 19.8. The van der Waals surface area contributed by atoms with E-state index in [1.165, 1.54) is 24.1 Å². The second-order valence-electron chi connectivity index (χ2n) is 6.24. The van der Waals surface area contributed by atoms with Crippen LogP contribution in [0.3, 0.4) is 0 Å². The number of carbonyl (C=O) groups excluding carboxylic acids is 1. The van der Waals surface area contributed by atoms with Gasteiger partial charge in [0.1, 0.15) is 17.5 Å². The summed E-state index contributed by atoms with van der Waals surface area (Å²) in [6, 6.07) is 4.47. The summed E-state index contributed by atoms with van der Waals surface area (Å²) >= 11 is 0. The number of rotatable bonds is 2. The van der Waals surface area contributed by atoms with E-state index < -0.39 is 47.6 Å². The van der Waals surface area contributed by atoms with Gasteiger partial charge in [0.05, 0.1) is 17.4 Å². The highest BCUT2D eigenvalue weighted by molar-refractivity contribution is 5.78. The molecule has 0 bridgehead atoms. The second kappa shape index (κ2) is 7.21. The Morgan fingerprint density at radius 3 is 2.21 bits per heavy atom. The Labute approximate surface area is 160 Å². The molecule has 0 spiro atoms. The molecule has 29 heavy (non-hydrogen) atoms. The molecule has 0 aromatic heterocycles. The molecule has 0 amide bonds. The third kappa shape index (κ3) is 3.73. The van der Waals surface area contributed by atoms with Crippen LogP contribution < -0.4 is 16.5 Å². The minimum Gasteiger partial charge on any atom is -0.329 e. The van der Waals surface area contributed by atoms with Gasteiger partial charge in [-0.25, -0.2) is 18.0 Å². The van der Waals surface area contributed by atoms with Gasteiger partial charge in [-0.1, -0.05) is 12.1 Å². The number of hydrogen-bond acceptors (Lipinski definition) is 6. The van der Waals surface area contributed by atoms with Gasteiger partial charge in [0, 0.05) is 17.7 Å². The Balaban J connectivity index is 2.14. The highest BCUT2D eigenvalue weighted by atomic mass is 19.4. The Bertz CT molecular complexity index is 944. The monoisotopic (exact) mass is 420 g/mol. The summed E-state index contributed by atoms with van der Waals surface area (Å²) in [7, 11) is 1.37. The third-order valence-electron chi connectivity index (χ3n) is 4.39. The molecule has 0 radical (unpaired) electrons. The van der Waals surface area contributed by atoms with E-state index in [4.69, 9.17) is 11.5 Å². The molecule has 156 valence electrons. The van der Waals surface area contributed by atoms with E-state index in [0.29, 0.717) is 17.2 Å². The van der Waals surface area contributed by atoms with Crippen molar-refractivity contribution < 1.29 is 36.0 Å². The van der Waals surface area contributed by atoms with Crippen molar-refractivity contribution in [2.24, 2.45) is 11.5 Å². The van der Waals surface area contributed by atoms with Crippen molar-refractivity contribution in [3.05, 3.63) is 53.3 Å². The zero-order chi connectivity index (χ0) is 21.7. The van der Waals surface area contributed by atoms with Gasteiger partial charge >= 0.3 is 12.1 Å². The lowest BCUT2D eigenvalue weighted by Crippen LogP contribution is -2.60. The van der Waals surface area contributed by atoms with E-state index in [0.717, 1.165) is 6.07 Å². The number of hydrogen-bond donors (Lipinski definition) is 2. The summed E-state index contributed by atoms with van der Waals surface area (Å²) in [6.45, 7) is 0. The molecule has 6 nitrogen and oxygen atoms in total. The van der Waals surface area contributed by atoms with E-state index >= 15 is 0 Å². The molecule has 1 heterocycles. The summed E-state index contributed by atoms with van der Waals surface area (Å²) in [5.74, 6) is -6.16. The number of nitrogens with two attached hydrogens (primary N) is 2. The van der Waals surface area contributed by atoms with Gasteiger partial charge in [0.25, 0.3) is 0 Å². The summed E-state index contributed by atoms with van der Waals surface area (Å²) < 4.78 is 79.4. The molecule has 0 aliphatic carbocycles. The number of anilines is 1. The highest BCUT2D eigenvalue weighted by Crippen LogP contribution is 2.39. The van der Waals surface area contributed by atoms with Crippen molar-refractivity contribution in [2.45, 2.75) is 18.6 Å². The maximum Gasteiger partial charge on any atom is 0.493 e. The minimum atomic E-state index is -5.31. The molecule has 0 fully saturated rings. The number of benzene rings is 2. The van der Waals surface area contributed by atoms with E-state index in [2.05, 4.69) is 4.84 Å². The molecule has 2 aromatic carbocycles. The quantitative estimate of drug-likeness (QED) is 0.727. The molecule has 12 heteroatoms. The lowest BCUT2D eigenvalue weighted by Gasteiger charge is -2.43. The molecule has 0 saturated heterocycles. The van der Waals surface area contributed by atoms with Crippen molar-refractivity contribution >= 4 is 11.7 Å². The third-order valence-corrected chi connectivity index (χ3v) is 4.39. The number of alkyl halides is 3. The second-order valence-corrected chi connectivity index (χ2v) is 6.24. The smallest absolute Gasteiger partial charge is 0.329 e. The molecule has 1 aliphatic rings. The van der Waals surface area contributed by atoms with Crippen LogP contribution in [0, 0.1) is 17.5 Å². The molecule has 1 aliphatic heterocycles. The van der Waals surface area contributed by atoms with Crippen LogP contribution in [0.5, 0.6) is 0 Å². The number of halogens is 6. The number of fused-ring (bicyclic) bond motifs is 1. The molecular formula is C17H14F6N4O2. The minimum absolute atomic E-state index is 0.157. The van der Waals surface area contributed by atoms with Gasteiger partial charge < -0.3 is 10.6 Å². The maximum absolute atomic E-state index is 14.1. The number of hydroxylamine groups is 1. The van der Waals surface area contributed by atoms with Crippen molar-refractivity contribution in [3.8, 4) is 11.1 Å². The predicted octanol–water partition coefficient (Wildman–Crippen LogP) is 2.74. The number of carbonyl (C=O) groups is 1. The van der Waals surface area contributed by atoms with Crippen LogP contribution in [0.25, 0.3) is 11.1 Å². The molecule has 3 rings (SSSR count). The van der Waals surface area contributed by atoms with Crippen LogP contribution in [0.15, 0.2) is 30.3 Å². The van der Waals surface area contributed by atoms with Crippen molar-refractivity contribution in [3.63, 3.8) is 0 Å². The van der Waals surface area contributed by atoms with Crippen LogP contribution in [-0.2, 0) is 9.63 Å². The average Bonchev–Trinajstić information content (AvgIpc) is 2.61. The van der Waals surface area contributed by atoms with E-state index in [1.54, 1.807) is 0 Å². The zero-order valence-electron chi connectivity index (χ0n) is 14.7. The fourth-order valence-electron chi connectivity index (χ4n) is 2.89. The average molecular weight is 420 g/mol. The van der Waals surface area contributed by atoms with Crippen molar-refractivity contribution in [2.75, 3.05) is 12.1 Å². The lowest BCUT2D eigenvalue weighted by atomic mass is 9.98. The Morgan fingerprint density at radius 1 is 1.07 bits per heavy atom. The first-order valence-corrected chi connectivity index (χ1v) is 8.02. The summed E-state index contributed by atoms with van der Waals surface area (Å²) in [4.78, 5) is 16.9. The van der Waals surface area contributed by atoms with Crippen LogP contribution in [0.4, 0.5) is 32.0 Å². The van der Waals surface area contributed by atoms with Gasteiger partial charge in [-0.15, -0.1) is 0 Å². The van der Waals surface area contributed by atoms with Gasteiger partial charge in [-0.3, -0.25) is 10.6 Å². The summed E-state index contributed by atoms with van der Waals surface area (Å²) in [5.41, 5.74) is 11.0. The molecular weight excluding hydrogens is 406 g/mol. The Kier molecular flexibility index (Phi) is 5.19. The van der Waals surface area contributed by atoms with Gasteiger partial charge in [0.15, 0.2) is 6.29 Å². The predicted molar refractivity (Wildman–Crippen MR) is 89.0 cm³/mol. The molecule has 2 atom stereocenters. The Hall–Kier alpha value is -2.83. The Morgan fingerprint density at radius 2 is 1.66 bits per heavy atom. The molecule has 2 aromatic rings.